The molecule has 0 unspecified atom stereocenters. The smallest absolute Gasteiger partial charge is 0.242 e. The van der Waals surface area contributed by atoms with Crippen molar-refractivity contribution in [1.82, 2.24) is 10.2 Å². The Labute approximate surface area is 156 Å². The lowest BCUT2D eigenvalue weighted by molar-refractivity contribution is -0.147. The van der Waals surface area contributed by atoms with E-state index in [0.29, 0.717) is 18.0 Å². The summed E-state index contributed by atoms with van der Waals surface area (Å²) in [6.07, 6.45) is 18.6. The highest BCUT2D eigenvalue weighted by molar-refractivity contribution is 5.86. The maximum absolute atomic E-state index is 12.9. The Hall–Kier alpha value is -0.570. The Bertz CT molecular complexity index is 393. The second kappa shape index (κ2) is 10.5. The van der Waals surface area contributed by atoms with Crippen molar-refractivity contribution in [2.24, 2.45) is 0 Å². The first-order chi connectivity index (χ1) is 12.1. The predicted molar refractivity (Wildman–Crippen MR) is 107 cm³/mol. The van der Waals surface area contributed by atoms with Gasteiger partial charge in [0, 0.05) is 18.6 Å². The van der Waals surface area contributed by atoms with Crippen molar-refractivity contribution in [2.45, 2.75) is 128 Å². The van der Waals surface area contributed by atoms with Crippen LogP contribution in [-0.2, 0) is 4.79 Å². The third kappa shape index (κ3) is 6.27. The van der Waals surface area contributed by atoms with Gasteiger partial charge in [0.2, 0.25) is 5.91 Å². The van der Waals surface area contributed by atoms with Crippen molar-refractivity contribution in [1.29, 1.82) is 0 Å². The molecule has 1 saturated heterocycles. The van der Waals surface area contributed by atoms with E-state index in [2.05, 4.69) is 31.0 Å². The van der Waals surface area contributed by atoms with Crippen LogP contribution in [0.25, 0.3) is 0 Å². The first kappa shape index (κ1) is 20.7. The van der Waals surface area contributed by atoms with Gasteiger partial charge in [0.05, 0.1) is 5.54 Å². The third-order valence-corrected chi connectivity index (χ3v) is 6.22. The van der Waals surface area contributed by atoms with E-state index < -0.39 is 0 Å². The summed E-state index contributed by atoms with van der Waals surface area (Å²) in [4.78, 5) is 15.1. The minimum Gasteiger partial charge on any atom is -0.337 e. The Morgan fingerprint density at radius 3 is 2.12 bits per heavy atom. The Morgan fingerprint density at radius 2 is 1.48 bits per heavy atom. The van der Waals surface area contributed by atoms with Gasteiger partial charge < -0.3 is 4.90 Å². The van der Waals surface area contributed by atoms with Crippen LogP contribution in [-0.4, -0.2) is 35.0 Å². The zero-order valence-corrected chi connectivity index (χ0v) is 17.1. The van der Waals surface area contributed by atoms with Gasteiger partial charge in [-0.2, -0.15) is 0 Å². The fourth-order valence-corrected chi connectivity index (χ4v) is 4.72. The molecule has 2 atom stereocenters. The number of fused-ring (bicyclic) bond motifs is 1. The highest BCUT2D eigenvalue weighted by Gasteiger charge is 2.45. The molecule has 1 amide bonds. The van der Waals surface area contributed by atoms with E-state index in [4.69, 9.17) is 0 Å². The molecular weight excluding hydrogens is 308 g/mol. The van der Waals surface area contributed by atoms with Crippen molar-refractivity contribution >= 4 is 5.91 Å². The minimum atomic E-state index is -0.378. The largest absolute Gasteiger partial charge is 0.337 e. The Kier molecular flexibility index (Phi) is 8.75. The molecule has 1 heterocycles. The van der Waals surface area contributed by atoms with E-state index in [0.717, 1.165) is 6.54 Å². The lowest BCUT2D eigenvalue weighted by atomic mass is 9.83. The summed E-state index contributed by atoms with van der Waals surface area (Å²) in [5.41, 5.74) is -0.378. The van der Waals surface area contributed by atoms with Crippen molar-refractivity contribution in [3.05, 3.63) is 0 Å². The highest BCUT2D eigenvalue weighted by Crippen LogP contribution is 2.31. The molecule has 0 aromatic carbocycles. The van der Waals surface area contributed by atoms with Crippen LogP contribution in [0.5, 0.6) is 0 Å². The van der Waals surface area contributed by atoms with Crippen LogP contribution in [0, 0.1) is 0 Å². The zero-order chi connectivity index (χ0) is 18.1. The number of unbranched alkanes of at least 4 members (excludes halogenated alkanes) is 9. The average molecular weight is 351 g/mol. The van der Waals surface area contributed by atoms with Gasteiger partial charge in [0.1, 0.15) is 0 Å². The van der Waals surface area contributed by atoms with Crippen LogP contribution in [0.15, 0.2) is 0 Å². The first-order valence-corrected chi connectivity index (χ1v) is 11.1. The molecule has 3 heteroatoms. The number of piperazine rings is 1. The maximum Gasteiger partial charge on any atom is 0.242 e. The molecular formula is C22H42N2O. The first-order valence-electron chi connectivity index (χ1n) is 11.1. The second-order valence-electron chi connectivity index (χ2n) is 8.91. The molecule has 0 radical (unpaired) electrons. The molecule has 1 N–H and O–H groups in total. The fourth-order valence-electron chi connectivity index (χ4n) is 4.72. The Balaban J connectivity index is 1.64. The molecule has 25 heavy (non-hydrogen) atoms. The summed E-state index contributed by atoms with van der Waals surface area (Å²) in [5.74, 6) is 0.326. The van der Waals surface area contributed by atoms with Crippen molar-refractivity contribution < 1.29 is 4.79 Å². The van der Waals surface area contributed by atoms with Gasteiger partial charge in [-0.25, -0.2) is 0 Å². The van der Waals surface area contributed by atoms with Crippen LogP contribution in [0.2, 0.25) is 0 Å². The van der Waals surface area contributed by atoms with Gasteiger partial charge in [0.15, 0.2) is 0 Å². The molecule has 1 saturated carbocycles. The predicted octanol–water partition coefficient (Wildman–Crippen LogP) is 5.43. The van der Waals surface area contributed by atoms with E-state index in [1.165, 1.54) is 89.9 Å². The van der Waals surface area contributed by atoms with E-state index >= 15 is 0 Å². The fraction of sp³-hybridized carbons (Fsp3) is 0.955. The molecule has 146 valence electrons. The normalized spacial score (nSPS) is 25.9. The summed E-state index contributed by atoms with van der Waals surface area (Å²) >= 11 is 0. The number of nitrogens with zero attached hydrogens (tertiary/aromatic N) is 1. The van der Waals surface area contributed by atoms with Crippen molar-refractivity contribution in [3.63, 3.8) is 0 Å². The van der Waals surface area contributed by atoms with Crippen LogP contribution >= 0.6 is 0 Å². The highest BCUT2D eigenvalue weighted by atomic mass is 16.2. The SMILES string of the molecule is CCCCCCCCCCCCN1C(=O)C(C)(C)N[C@@H]2CCCC[C@H]21. The number of carbonyl (C=O) groups excluding carboxylic acids is 1. The van der Waals surface area contributed by atoms with Gasteiger partial charge in [0.25, 0.3) is 0 Å². The summed E-state index contributed by atoms with van der Waals surface area (Å²) in [5, 5.41) is 3.62. The molecule has 3 nitrogen and oxygen atoms in total. The number of hydrogen-bond acceptors (Lipinski definition) is 2. The molecule has 0 bridgehead atoms. The molecule has 0 aromatic heterocycles. The number of carbonyl (C=O) groups is 1. The van der Waals surface area contributed by atoms with Crippen LogP contribution in [0.4, 0.5) is 0 Å². The van der Waals surface area contributed by atoms with Gasteiger partial charge in [-0.3, -0.25) is 10.1 Å². The van der Waals surface area contributed by atoms with E-state index in [1.54, 1.807) is 0 Å². The monoisotopic (exact) mass is 350 g/mol. The lowest BCUT2D eigenvalue weighted by Gasteiger charge is -2.50. The van der Waals surface area contributed by atoms with Crippen LogP contribution in [0.1, 0.15) is 111 Å². The number of rotatable bonds is 11. The lowest BCUT2D eigenvalue weighted by Crippen LogP contribution is -2.70. The topological polar surface area (TPSA) is 32.3 Å². The Morgan fingerprint density at radius 1 is 0.920 bits per heavy atom. The quantitative estimate of drug-likeness (QED) is 0.504. The molecule has 0 aromatic rings. The summed E-state index contributed by atoms with van der Waals surface area (Å²) in [6.45, 7) is 7.37. The zero-order valence-electron chi connectivity index (χ0n) is 17.1. The molecule has 0 spiro atoms. The molecule has 1 aliphatic carbocycles. The minimum absolute atomic E-state index is 0.326. The molecule has 2 aliphatic rings. The van der Waals surface area contributed by atoms with Crippen LogP contribution in [0.3, 0.4) is 0 Å². The summed E-state index contributed by atoms with van der Waals surface area (Å²) < 4.78 is 0. The van der Waals surface area contributed by atoms with E-state index in [9.17, 15) is 4.79 Å². The number of hydrogen-bond donors (Lipinski definition) is 1. The van der Waals surface area contributed by atoms with Gasteiger partial charge in [-0.05, 0) is 33.1 Å². The second-order valence-corrected chi connectivity index (χ2v) is 8.91. The van der Waals surface area contributed by atoms with E-state index in [-0.39, 0.29) is 5.54 Å². The molecule has 2 fully saturated rings. The number of amides is 1. The standard InChI is InChI=1S/C22H42N2O/c1-4-5-6-7-8-9-10-11-12-15-18-24-20-17-14-13-16-19(20)23-22(2,3)21(24)25/h19-20,23H,4-18H2,1-3H3/t19-,20-/m1/s1. The van der Waals surface area contributed by atoms with E-state index in [1.807, 2.05) is 0 Å². The van der Waals surface area contributed by atoms with Gasteiger partial charge in [-0.1, -0.05) is 77.6 Å². The van der Waals surface area contributed by atoms with Crippen molar-refractivity contribution in [3.8, 4) is 0 Å². The third-order valence-electron chi connectivity index (χ3n) is 6.22. The van der Waals surface area contributed by atoms with Crippen molar-refractivity contribution in [2.75, 3.05) is 6.54 Å². The van der Waals surface area contributed by atoms with Gasteiger partial charge in [-0.15, -0.1) is 0 Å². The summed E-state index contributed by atoms with van der Waals surface area (Å²) in [7, 11) is 0. The summed E-state index contributed by atoms with van der Waals surface area (Å²) in [6, 6.07) is 0.970. The average Bonchev–Trinajstić information content (AvgIpc) is 2.59. The van der Waals surface area contributed by atoms with Crippen LogP contribution < -0.4 is 5.32 Å². The molecule has 1 aliphatic heterocycles. The molecule has 2 rings (SSSR count). The van der Waals surface area contributed by atoms with Gasteiger partial charge >= 0.3 is 0 Å². The maximum atomic E-state index is 12.9. The number of nitrogens with one attached hydrogen (secondary N) is 1.